The summed E-state index contributed by atoms with van der Waals surface area (Å²) >= 11 is 0. The van der Waals surface area contributed by atoms with Crippen LogP contribution in [0.2, 0.25) is 0 Å². The number of nitrogens with one attached hydrogen (secondary N) is 2. The normalized spacial score (nSPS) is 12.5. The van der Waals surface area contributed by atoms with Crippen molar-refractivity contribution >= 4 is 28.7 Å². The number of H-pyrrole nitrogens is 1. The molecule has 0 aliphatic rings. The maximum atomic E-state index is 13.5. The van der Waals surface area contributed by atoms with E-state index in [1.165, 1.54) is 12.1 Å². The van der Waals surface area contributed by atoms with Gasteiger partial charge in [0, 0.05) is 23.2 Å². The largest absolute Gasteiger partial charge is 0.378 e. The lowest BCUT2D eigenvalue weighted by molar-refractivity contribution is 0.577. The zero-order valence-corrected chi connectivity index (χ0v) is 15.3. The fourth-order valence-corrected chi connectivity index (χ4v) is 3.15. The molecule has 0 amide bonds. The van der Waals surface area contributed by atoms with Gasteiger partial charge in [0.1, 0.15) is 11.6 Å². The quantitative estimate of drug-likeness (QED) is 0.437. The van der Waals surface area contributed by atoms with Crippen molar-refractivity contribution in [3.63, 3.8) is 0 Å². The number of benzene rings is 3. The molecule has 5 heteroatoms. The second-order valence-corrected chi connectivity index (χ2v) is 6.68. The Bertz CT molecular complexity index is 1110. The van der Waals surface area contributed by atoms with Gasteiger partial charge in [-0.05, 0) is 54.5 Å². The minimum atomic E-state index is -0.581. The first-order chi connectivity index (χ1) is 13.6. The van der Waals surface area contributed by atoms with Crippen molar-refractivity contribution in [3.8, 4) is 0 Å². The van der Waals surface area contributed by atoms with Crippen LogP contribution in [0.3, 0.4) is 0 Å². The molecule has 3 nitrogen and oxygen atoms in total. The molecular formula is C23H19F2N3. The lowest BCUT2D eigenvalue weighted by Gasteiger charge is -2.16. The summed E-state index contributed by atoms with van der Waals surface area (Å²) in [5.41, 5.74) is 4.23. The molecule has 0 saturated carbocycles. The Labute approximate surface area is 161 Å². The topological polar surface area (TPSA) is 40.7 Å². The van der Waals surface area contributed by atoms with E-state index in [1.54, 1.807) is 0 Å². The van der Waals surface area contributed by atoms with Crippen LogP contribution >= 0.6 is 0 Å². The van der Waals surface area contributed by atoms with Gasteiger partial charge in [0.2, 0.25) is 0 Å². The number of rotatable bonds is 5. The average Bonchev–Trinajstić information content (AvgIpc) is 3.09. The molecule has 140 valence electrons. The number of aromatic amines is 1. The van der Waals surface area contributed by atoms with Crippen molar-refractivity contribution in [2.75, 3.05) is 5.32 Å². The average molecular weight is 375 g/mol. The first-order valence-corrected chi connectivity index (χ1v) is 9.02. The predicted molar refractivity (Wildman–Crippen MR) is 110 cm³/mol. The summed E-state index contributed by atoms with van der Waals surface area (Å²) in [5, 5.41) is 11.7. The Morgan fingerprint density at radius 3 is 2.43 bits per heavy atom. The van der Waals surface area contributed by atoms with Gasteiger partial charge in [-0.25, -0.2) is 8.78 Å². The molecule has 3 aromatic carbocycles. The van der Waals surface area contributed by atoms with Gasteiger partial charge in [-0.2, -0.15) is 5.10 Å². The Morgan fingerprint density at radius 1 is 0.929 bits per heavy atom. The molecule has 0 aliphatic heterocycles. The highest BCUT2D eigenvalue weighted by molar-refractivity contribution is 5.91. The Balaban J connectivity index is 1.59. The zero-order chi connectivity index (χ0) is 19.5. The second-order valence-electron chi connectivity index (χ2n) is 6.68. The molecule has 0 aliphatic carbocycles. The number of anilines is 1. The van der Waals surface area contributed by atoms with Crippen LogP contribution in [0, 0.1) is 11.6 Å². The molecule has 0 saturated heterocycles. The predicted octanol–water partition coefficient (Wildman–Crippen LogP) is 6.18. The summed E-state index contributed by atoms with van der Waals surface area (Å²) in [6, 6.07) is 19.1. The van der Waals surface area contributed by atoms with E-state index in [4.69, 9.17) is 0 Å². The van der Waals surface area contributed by atoms with Gasteiger partial charge >= 0.3 is 0 Å². The van der Waals surface area contributed by atoms with Crippen molar-refractivity contribution in [2.24, 2.45) is 0 Å². The fourth-order valence-electron chi connectivity index (χ4n) is 3.15. The van der Waals surface area contributed by atoms with Gasteiger partial charge in [-0.1, -0.05) is 36.4 Å². The number of nitrogens with zero attached hydrogens (tertiary/aromatic N) is 1. The van der Waals surface area contributed by atoms with Gasteiger partial charge < -0.3 is 5.32 Å². The zero-order valence-electron chi connectivity index (χ0n) is 15.3. The lowest BCUT2D eigenvalue weighted by atomic mass is 10.1. The number of halogens is 2. The molecule has 4 aromatic rings. The van der Waals surface area contributed by atoms with Crippen LogP contribution in [0.1, 0.15) is 29.8 Å². The highest BCUT2D eigenvalue weighted by Crippen LogP contribution is 2.26. The molecule has 1 unspecified atom stereocenters. The van der Waals surface area contributed by atoms with Crippen molar-refractivity contribution in [1.29, 1.82) is 0 Å². The number of hydrogen-bond donors (Lipinski definition) is 2. The van der Waals surface area contributed by atoms with Gasteiger partial charge in [0.15, 0.2) is 0 Å². The van der Waals surface area contributed by atoms with Crippen LogP contribution in [0.15, 0.2) is 66.7 Å². The van der Waals surface area contributed by atoms with Gasteiger partial charge in [-0.3, -0.25) is 5.10 Å². The third-order valence-electron chi connectivity index (χ3n) is 4.59. The second kappa shape index (κ2) is 7.64. The van der Waals surface area contributed by atoms with Crippen LogP contribution in [0.4, 0.5) is 14.5 Å². The van der Waals surface area contributed by atoms with E-state index in [1.807, 2.05) is 67.6 Å². The minimum absolute atomic E-state index is 0.252. The highest BCUT2D eigenvalue weighted by Gasteiger charge is 2.10. The summed E-state index contributed by atoms with van der Waals surface area (Å²) < 4.78 is 27.0. The van der Waals surface area contributed by atoms with Crippen LogP contribution in [0.25, 0.3) is 23.1 Å². The van der Waals surface area contributed by atoms with Crippen LogP contribution in [-0.2, 0) is 0 Å². The minimum Gasteiger partial charge on any atom is -0.378 e. The molecule has 0 spiro atoms. The summed E-state index contributed by atoms with van der Waals surface area (Å²) in [6.07, 6.45) is 3.97. The monoisotopic (exact) mass is 375 g/mol. The van der Waals surface area contributed by atoms with E-state index in [2.05, 4.69) is 15.5 Å². The smallest absolute Gasteiger partial charge is 0.126 e. The Hall–Kier alpha value is -3.47. The maximum absolute atomic E-state index is 13.5. The summed E-state index contributed by atoms with van der Waals surface area (Å²) in [7, 11) is 0. The van der Waals surface area contributed by atoms with E-state index >= 15 is 0 Å². The van der Waals surface area contributed by atoms with E-state index < -0.39 is 11.6 Å². The first-order valence-electron chi connectivity index (χ1n) is 9.02. The number of hydrogen-bond acceptors (Lipinski definition) is 2. The molecular weight excluding hydrogens is 356 g/mol. The maximum Gasteiger partial charge on any atom is 0.126 e. The van der Waals surface area contributed by atoms with Crippen LogP contribution < -0.4 is 5.32 Å². The fraction of sp³-hybridized carbons (Fsp3) is 0.0870. The van der Waals surface area contributed by atoms with E-state index in [9.17, 15) is 8.78 Å². The summed E-state index contributed by atoms with van der Waals surface area (Å²) in [4.78, 5) is 0. The van der Waals surface area contributed by atoms with Crippen LogP contribution in [0.5, 0.6) is 0 Å². The molecule has 0 bridgehead atoms. The van der Waals surface area contributed by atoms with Gasteiger partial charge in [0.25, 0.3) is 0 Å². The molecule has 1 heterocycles. The molecule has 2 N–H and O–H groups in total. The van der Waals surface area contributed by atoms with Crippen molar-refractivity contribution in [2.45, 2.75) is 13.0 Å². The molecule has 1 atom stereocenters. The van der Waals surface area contributed by atoms with Gasteiger partial charge in [0.05, 0.1) is 11.2 Å². The third-order valence-corrected chi connectivity index (χ3v) is 4.59. The van der Waals surface area contributed by atoms with E-state index in [0.717, 1.165) is 33.9 Å². The third kappa shape index (κ3) is 3.93. The molecule has 0 radical (unpaired) electrons. The summed E-state index contributed by atoms with van der Waals surface area (Å²) in [5.74, 6) is -1.16. The molecule has 28 heavy (non-hydrogen) atoms. The highest BCUT2D eigenvalue weighted by atomic mass is 19.1. The Morgan fingerprint density at radius 2 is 1.68 bits per heavy atom. The van der Waals surface area contributed by atoms with Gasteiger partial charge in [-0.15, -0.1) is 0 Å². The molecule has 4 rings (SSSR count). The molecule has 0 fully saturated rings. The lowest BCUT2D eigenvalue weighted by Crippen LogP contribution is -2.07. The van der Waals surface area contributed by atoms with Crippen molar-refractivity contribution in [3.05, 3.63) is 95.2 Å². The first kappa shape index (κ1) is 17.9. The summed E-state index contributed by atoms with van der Waals surface area (Å²) in [6.45, 7) is 1.87. The van der Waals surface area contributed by atoms with Crippen molar-refractivity contribution < 1.29 is 8.78 Å². The number of aromatic nitrogens is 2. The Kier molecular flexibility index (Phi) is 4.89. The van der Waals surface area contributed by atoms with Crippen LogP contribution in [-0.4, -0.2) is 10.2 Å². The van der Waals surface area contributed by atoms with E-state index in [0.29, 0.717) is 5.56 Å². The van der Waals surface area contributed by atoms with E-state index in [-0.39, 0.29) is 6.04 Å². The molecule has 1 aromatic heterocycles. The standard InChI is InChI=1S/C23H19F2N3/c1-15(17-11-18(24)13-19(25)12-17)26-20-8-10-23-21(14-20)22(27-28-23)9-7-16-5-3-2-4-6-16/h2-15,26H,1H3,(H,27,28). The van der Waals surface area contributed by atoms with Crippen molar-refractivity contribution in [1.82, 2.24) is 10.2 Å². The SMILES string of the molecule is CC(Nc1ccc2[nH]nc(C=Cc3ccccc3)c2c1)c1cc(F)cc(F)c1. The number of fused-ring (bicyclic) bond motifs is 1.